The maximum Gasteiger partial charge on any atom is 0.500 e. The van der Waals surface area contributed by atoms with Gasteiger partial charge in [-0.3, -0.25) is 0 Å². The monoisotopic (exact) mass is 490 g/mol. The molecule has 0 aliphatic rings. The molecule has 0 aliphatic carbocycles. The van der Waals surface area contributed by atoms with E-state index in [1.165, 1.54) is 110 Å². The number of quaternary nitrogens is 2. The van der Waals surface area contributed by atoms with Crippen LogP contribution in [0, 0.1) is 0 Å². The third-order valence-electron chi connectivity index (χ3n) is 7.53. The van der Waals surface area contributed by atoms with Crippen molar-refractivity contribution in [2.24, 2.45) is 0 Å². The standard InChI is InChI=1S/C27H62N2O3Si/c1-9-11-13-15-17-19-22-28(3,4)25-26-29(5,23-20-18-16-14-12-10-2)24-21-27-33(30-6,31-7)32-8/h9-27H2,1-8H3/q+2. The van der Waals surface area contributed by atoms with Gasteiger partial charge in [-0.05, 0) is 25.7 Å². The van der Waals surface area contributed by atoms with E-state index >= 15 is 0 Å². The highest BCUT2D eigenvalue weighted by atomic mass is 28.4. The number of unbranched alkanes of at least 4 members (excludes halogenated alkanes) is 10. The van der Waals surface area contributed by atoms with E-state index in [1.54, 1.807) is 21.3 Å². The first-order chi connectivity index (χ1) is 15.7. The van der Waals surface area contributed by atoms with Gasteiger partial charge in [0.1, 0.15) is 13.1 Å². The molecule has 0 saturated carbocycles. The molecule has 6 heteroatoms. The normalized spacial score (nSPS) is 14.5. The van der Waals surface area contributed by atoms with Crippen LogP contribution in [-0.4, -0.2) is 93.0 Å². The summed E-state index contributed by atoms with van der Waals surface area (Å²) < 4.78 is 19.3. The number of hydrogen-bond donors (Lipinski definition) is 0. The molecule has 0 fully saturated rings. The molecule has 200 valence electrons. The van der Waals surface area contributed by atoms with Gasteiger partial charge in [0.2, 0.25) is 0 Å². The van der Waals surface area contributed by atoms with E-state index in [0.717, 1.165) is 21.4 Å². The molecule has 0 aromatic heterocycles. The molecular weight excluding hydrogens is 428 g/mol. The fourth-order valence-corrected chi connectivity index (χ4v) is 6.49. The molecule has 0 bridgehead atoms. The van der Waals surface area contributed by atoms with Crippen LogP contribution in [0.2, 0.25) is 6.04 Å². The molecule has 0 aromatic carbocycles. The predicted molar refractivity (Wildman–Crippen MR) is 146 cm³/mol. The Kier molecular flexibility index (Phi) is 19.2. The molecule has 0 aromatic rings. The van der Waals surface area contributed by atoms with Gasteiger partial charge in [0.05, 0.1) is 40.8 Å². The fraction of sp³-hybridized carbons (Fsp3) is 1.00. The van der Waals surface area contributed by atoms with Crippen molar-refractivity contribution in [1.29, 1.82) is 0 Å². The number of nitrogens with zero attached hydrogens (tertiary/aromatic N) is 2. The van der Waals surface area contributed by atoms with E-state index in [2.05, 4.69) is 35.0 Å². The van der Waals surface area contributed by atoms with Gasteiger partial charge >= 0.3 is 8.80 Å². The Morgan fingerprint density at radius 3 is 1.39 bits per heavy atom. The second-order valence-corrected chi connectivity index (χ2v) is 14.2. The lowest BCUT2D eigenvalue weighted by Gasteiger charge is -2.39. The fourth-order valence-electron chi connectivity index (χ4n) is 4.79. The molecule has 0 radical (unpaired) electrons. The van der Waals surface area contributed by atoms with Crippen molar-refractivity contribution >= 4 is 8.80 Å². The van der Waals surface area contributed by atoms with Crippen LogP contribution in [0.25, 0.3) is 0 Å². The maximum atomic E-state index is 5.67. The van der Waals surface area contributed by atoms with Crippen molar-refractivity contribution in [1.82, 2.24) is 0 Å². The summed E-state index contributed by atoms with van der Waals surface area (Å²) in [4.78, 5) is 0. The number of hydrogen-bond acceptors (Lipinski definition) is 3. The van der Waals surface area contributed by atoms with Crippen LogP contribution in [0.15, 0.2) is 0 Å². The van der Waals surface area contributed by atoms with Gasteiger partial charge in [-0.25, -0.2) is 0 Å². The summed E-state index contributed by atoms with van der Waals surface area (Å²) in [6.45, 7) is 10.9. The molecule has 0 heterocycles. The summed E-state index contributed by atoms with van der Waals surface area (Å²) in [5, 5.41) is 0. The molecule has 1 atom stereocenters. The summed E-state index contributed by atoms with van der Waals surface area (Å²) >= 11 is 0. The Balaban J connectivity index is 4.71. The van der Waals surface area contributed by atoms with Crippen molar-refractivity contribution < 1.29 is 22.2 Å². The largest absolute Gasteiger partial charge is 0.500 e. The lowest BCUT2D eigenvalue weighted by Crippen LogP contribution is -2.54. The minimum atomic E-state index is -2.48. The van der Waals surface area contributed by atoms with E-state index < -0.39 is 8.80 Å². The minimum absolute atomic E-state index is 0.900. The first-order valence-corrected chi connectivity index (χ1v) is 16.0. The van der Waals surface area contributed by atoms with E-state index in [0.29, 0.717) is 0 Å². The van der Waals surface area contributed by atoms with Crippen LogP contribution in [-0.2, 0) is 13.3 Å². The summed E-state index contributed by atoms with van der Waals surface area (Å²) in [6.07, 6.45) is 17.6. The Bertz CT molecular complexity index is 439. The van der Waals surface area contributed by atoms with E-state index in [1.807, 2.05) is 0 Å². The molecule has 0 N–H and O–H groups in total. The zero-order valence-corrected chi connectivity index (χ0v) is 25.1. The predicted octanol–water partition coefficient (Wildman–Crippen LogP) is 6.50. The van der Waals surface area contributed by atoms with Gasteiger partial charge in [-0.1, -0.05) is 65.2 Å². The second kappa shape index (κ2) is 19.2. The second-order valence-electron chi connectivity index (χ2n) is 11.1. The van der Waals surface area contributed by atoms with Crippen LogP contribution in [0.3, 0.4) is 0 Å². The van der Waals surface area contributed by atoms with Crippen molar-refractivity contribution in [2.75, 3.05) is 75.2 Å². The molecule has 0 amide bonds. The molecule has 0 rings (SSSR count). The van der Waals surface area contributed by atoms with Gasteiger partial charge in [-0.15, -0.1) is 0 Å². The maximum absolute atomic E-state index is 5.67. The molecule has 1 unspecified atom stereocenters. The SMILES string of the molecule is CCCCCCCC[N+](C)(C)CC[N+](C)(CCCCCCCC)CCC[Si](OC)(OC)OC. The van der Waals surface area contributed by atoms with Crippen molar-refractivity contribution in [3.8, 4) is 0 Å². The quantitative estimate of drug-likeness (QED) is 0.0878. The average molecular weight is 491 g/mol. The average Bonchev–Trinajstić information content (AvgIpc) is 2.80. The van der Waals surface area contributed by atoms with Crippen molar-refractivity contribution in [3.05, 3.63) is 0 Å². The lowest BCUT2D eigenvalue weighted by atomic mass is 10.1. The first-order valence-electron chi connectivity index (χ1n) is 14.0. The molecular formula is C27H62N2O3Si+2. The Morgan fingerprint density at radius 2 is 0.909 bits per heavy atom. The van der Waals surface area contributed by atoms with Crippen LogP contribution in [0.1, 0.15) is 97.3 Å². The van der Waals surface area contributed by atoms with Crippen LogP contribution in [0.4, 0.5) is 0 Å². The van der Waals surface area contributed by atoms with Crippen LogP contribution < -0.4 is 0 Å². The minimum Gasteiger partial charge on any atom is -0.377 e. The van der Waals surface area contributed by atoms with Crippen molar-refractivity contribution in [2.45, 2.75) is 103 Å². The Morgan fingerprint density at radius 1 is 0.485 bits per heavy atom. The molecule has 0 aliphatic heterocycles. The molecule has 0 spiro atoms. The van der Waals surface area contributed by atoms with Gasteiger partial charge in [-0.2, -0.15) is 0 Å². The van der Waals surface area contributed by atoms with E-state index in [4.69, 9.17) is 13.3 Å². The number of likely N-dealkylation sites (N-methyl/N-ethyl adjacent to an activating group) is 2. The third-order valence-corrected chi connectivity index (χ3v) is 10.4. The summed E-state index contributed by atoms with van der Waals surface area (Å²) in [5.74, 6) is 0. The zero-order valence-electron chi connectivity index (χ0n) is 24.1. The van der Waals surface area contributed by atoms with Crippen LogP contribution >= 0.6 is 0 Å². The molecule has 0 saturated heterocycles. The summed E-state index contributed by atoms with van der Waals surface area (Å²) in [5.41, 5.74) is 0. The van der Waals surface area contributed by atoms with Crippen molar-refractivity contribution in [3.63, 3.8) is 0 Å². The molecule has 5 nitrogen and oxygen atoms in total. The van der Waals surface area contributed by atoms with Gasteiger partial charge in [0, 0.05) is 33.8 Å². The van der Waals surface area contributed by atoms with E-state index in [-0.39, 0.29) is 0 Å². The van der Waals surface area contributed by atoms with Crippen LogP contribution in [0.5, 0.6) is 0 Å². The Hall–Kier alpha value is 0.0169. The zero-order chi connectivity index (χ0) is 25.1. The summed E-state index contributed by atoms with van der Waals surface area (Å²) in [7, 11) is 10.0. The van der Waals surface area contributed by atoms with Gasteiger partial charge in [0.15, 0.2) is 0 Å². The smallest absolute Gasteiger partial charge is 0.377 e. The summed E-state index contributed by atoms with van der Waals surface area (Å²) in [6, 6.07) is 0.900. The molecule has 33 heavy (non-hydrogen) atoms. The third kappa shape index (κ3) is 16.3. The highest BCUT2D eigenvalue weighted by Gasteiger charge is 2.38. The topological polar surface area (TPSA) is 27.7 Å². The van der Waals surface area contributed by atoms with Gasteiger partial charge in [0.25, 0.3) is 0 Å². The highest BCUT2D eigenvalue weighted by molar-refractivity contribution is 6.60. The van der Waals surface area contributed by atoms with E-state index in [9.17, 15) is 0 Å². The van der Waals surface area contributed by atoms with Gasteiger partial charge < -0.3 is 22.2 Å². The Labute approximate surface area is 209 Å². The first kappa shape index (κ1) is 33.0. The lowest BCUT2D eigenvalue weighted by molar-refractivity contribution is -0.955. The highest BCUT2D eigenvalue weighted by Crippen LogP contribution is 2.19. The number of rotatable bonds is 24.